The van der Waals surface area contributed by atoms with E-state index < -0.39 is 0 Å². The molecular formula is C31H29N3O2S. The number of carbonyl (C=O) groups is 2. The summed E-state index contributed by atoms with van der Waals surface area (Å²) in [6.45, 7) is 0. The van der Waals surface area contributed by atoms with Crippen LogP contribution >= 0.6 is 11.3 Å². The Labute approximate surface area is 220 Å². The summed E-state index contributed by atoms with van der Waals surface area (Å²) in [6.07, 6.45) is 7.93. The lowest BCUT2D eigenvalue weighted by atomic mass is 9.49. The lowest BCUT2D eigenvalue weighted by molar-refractivity contribution is -0.00704. The second-order valence-electron chi connectivity index (χ2n) is 11.3. The molecule has 4 saturated carbocycles. The van der Waals surface area contributed by atoms with Gasteiger partial charge in [-0.3, -0.25) is 9.59 Å². The van der Waals surface area contributed by atoms with Crippen molar-refractivity contribution in [2.24, 2.45) is 17.8 Å². The number of nitrogens with one attached hydrogen (secondary N) is 1. The summed E-state index contributed by atoms with van der Waals surface area (Å²) in [7, 11) is 0. The largest absolute Gasteiger partial charge is 0.397 e. The van der Waals surface area contributed by atoms with E-state index in [-0.39, 0.29) is 17.1 Å². The predicted octanol–water partition coefficient (Wildman–Crippen LogP) is 6.83. The first kappa shape index (κ1) is 22.7. The predicted molar refractivity (Wildman–Crippen MR) is 148 cm³/mol. The second-order valence-corrected chi connectivity index (χ2v) is 12.3. The fourth-order valence-electron chi connectivity index (χ4n) is 7.60. The number of fused-ring (bicyclic) bond motifs is 1. The van der Waals surface area contributed by atoms with Crippen LogP contribution in [0.5, 0.6) is 0 Å². The topological polar surface area (TPSA) is 85.1 Å². The van der Waals surface area contributed by atoms with Crippen LogP contribution in [0.4, 0.5) is 11.4 Å². The van der Waals surface area contributed by atoms with Crippen molar-refractivity contribution in [3.8, 4) is 0 Å². The van der Waals surface area contributed by atoms with E-state index in [9.17, 15) is 9.59 Å². The number of benzene rings is 2. The minimum Gasteiger partial charge on any atom is -0.397 e. The Morgan fingerprint density at radius 2 is 1.51 bits per heavy atom. The van der Waals surface area contributed by atoms with Gasteiger partial charge < -0.3 is 11.1 Å². The highest BCUT2D eigenvalue weighted by Crippen LogP contribution is 2.60. The van der Waals surface area contributed by atoms with Crippen LogP contribution in [0.2, 0.25) is 0 Å². The van der Waals surface area contributed by atoms with Gasteiger partial charge in [-0.05, 0) is 80.5 Å². The highest BCUT2D eigenvalue weighted by atomic mass is 32.1. The zero-order chi connectivity index (χ0) is 25.1. The van der Waals surface area contributed by atoms with E-state index >= 15 is 0 Å². The first-order valence-electron chi connectivity index (χ1n) is 13.2. The van der Waals surface area contributed by atoms with Crippen molar-refractivity contribution in [1.82, 2.24) is 4.98 Å². The number of ketones is 1. The number of amides is 1. The molecule has 2 heterocycles. The van der Waals surface area contributed by atoms with Crippen molar-refractivity contribution in [3.05, 3.63) is 88.4 Å². The van der Waals surface area contributed by atoms with Gasteiger partial charge in [-0.1, -0.05) is 42.5 Å². The molecule has 2 aromatic heterocycles. The van der Waals surface area contributed by atoms with Crippen molar-refractivity contribution in [2.75, 3.05) is 11.1 Å². The highest BCUT2D eigenvalue weighted by Gasteiger charge is 2.52. The first-order valence-corrected chi connectivity index (χ1v) is 14.0. The van der Waals surface area contributed by atoms with E-state index in [1.807, 2.05) is 24.3 Å². The maximum atomic E-state index is 13.4. The molecule has 0 radical (unpaired) electrons. The molecule has 4 fully saturated rings. The van der Waals surface area contributed by atoms with Crippen molar-refractivity contribution in [2.45, 2.75) is 43.9 Å². The second kappa shape index (κ2) is 8.52. The van der Waals surface area contributed by atoms with E-state index in [1.165, 1.54) is 55.6 Å². The van der Waals surface area contributed by atoms with Gasteiger partial charge >= 0.3 is 0 Å². The molecule has 0 saturated heterocycles. The Morgan fingerprint density at radius 1 is 0.865 bits per heavy atom. The van der Waals surface area contributed by atoms with Crippen molar-refractivity contribution in [3.63, 3.8) is 0 Å². The third-order valence-corrected chi connectivity index (χ3v) is 9.95. The van der Waals surface area contributed by atoms with E-state index in [2.05, 4.69) is 17.4 Å². The molecule has 1 amide bonds. The van der Waals surface area contributed by atoms with Gasteiger partial charge in [0.2, 0.25) is 0 Å². The van der Waals surface area contributed by atoms with Gasteiger partial charge in [0.1, 0.15) is 9.71 Å². The summed E-state index contributed by atoms with van der Waals surface area (Å²) < 4.78 is 0. The van der Waals surface area contributed by atoms with Crippen LogP contribution in [0.15, 0.2) is 66.7 Å². The summed E-state index contributed by atoms with van der Waals surface area (Å²) in [4.78, 5) is 32.9. The molecule has 8 rings (SSSR count). The van der Waals surface area contributed by atoms with Gasteiger partial charge in [0.05, 0.1) is 11.4 Å². The standard InChI is InChI=1S/C31H29N3O2S/c32-26-23-10-11-25(31-15-18-12-19(16-31)14-20(13-18)17-31)34-30(23)37-28(26)29(36)33-24-9-5-4-8-22(24)27(35)21-6-2-1-3-7-21/h1-11,18-20H,12-17,32H2,(H,33,36). The maximum absolute atomic E-state index is 13.4. The maximum Gasteiger partial charge on any atom is 0.267 e. The first-order chi connectivity index (χ1) is 18.0. The molecule has 3 N–H and O–H groups in total. The fraction of sp³-hybridized carbons (Fsp3) is 0.323. The molecule has 2 aromatic carbocycles. The molecular weight excluding hydrogens is 478 g/mol. The van der Waals surface area contributed by atoms with Crippen LogP contribution in [0.1, 0.15) is 69.8 Å². The quantitative estimate of drug-likeness (QED) is 0.290. The van der Waals surface area contributed by atoms with E-state index in [0.717, 1.165) is 28.0 Å². The van der Waals surface area contributed by atoms with Crippen molar-refractivity contribution >= 4 is 44.6 Å². The number of thiophene rings is 1. The average Bonchev–Trinajstić information content (AvgIpc) is 3.24. The Balaban J connectivity index is 1.19. The number of nitrogens with two attached hydrogens (primary N) is 1. The van der Waals surface area contributed by atoms with Gasteiger partial charge in [0.15, 0.2) is 5.78 Å². The Bertz CT molecular complexity index is 1510. The highest BCUT2D eigenvalue weighted by molar-refractivity contribution is 7.21. The number of nitrogens with zero attached hydrogens (tertiary/aromatic N) is 1. The van der Waals surface area contributed by atoms with Crippen LogP contribution in [-0.2, 0) is 5.41 Å². The Hall–Kier alpha value is -3.51. The van der Waals surface area contributed by atoms with E-state index in [4.69, 9.17) is 10.7 Å². The molecule has 6 heteroatoms. The molecule has 0 spiro atoms. The summed E-state index contributed by atoms with van der Waals surface area (Å²) in [6, 6.07) is 20.4. The number of rotatable bonds is 5. The number of para-hydroxylation sites is 1. The average molecular weight is 508 g/mol. The third-order valence-electron chi connectivity index (χ3n) is 8.84. The molecule has 0 aliphatic heterocycles. The van der Waals surface area contributed by atoms with Crippen molar-refractivity contribution < 1.29 is 9.59 Å². The Kier molecular flexibility index (Phi) is 5.22. The molecule has 4 aliphatic carbocycles. The third kappa shape index (κ3) is 3.77. The number of anilines is 2. The van der Waals surface area contributed by atoms with Gasteiger partial charge in [-0.15, -0.1) is 11.3 Å². The van der Waals surface area contributed by atoms with Crippen molar-refractivity contribution in [1.29, 1.82) is 0 Å². The molecule has 4 aliphatic rings. The lowest BCUT2D eigenvalue weighted by Gasteiger charge is -2.56. The minimum absolute atomic E-state index is 0.136. The molecule has 4 aromatic rings. The zero-order valence-corrected chi connectivity index (χ0v) is 21.4. The normalized spacial score (nSPS) is 25.9. The summed E-state index contributed by atoms with van der Waals surface area (Å²) >= 11 is 1.35. The number of hydrogen-bond acceptors (Lipinski definition) is 5. The van der Waals surface area contributed by atoms with Crippen LogP contribution in [0.25, 0.3) is 10.2 Å². The van der Waals surface area contributed by atoms with Crippen LogP contribution in [0.3, 0.4) is 0 Å². The molecule has 37 heavy (non-hydrogen) atoms. The number of pyridine rings is 1. The minimum atomic E-state index is -0.315. The summed E-state index contributed by atoms with van der Waals surface area (Å²) in [5.74, 6) is 2.08. The summed E-state index contributed by atoms with van der Waals surface area (Å²) in [5.41, 5.74) is 9.81. The van der Waals surface area contributed by atoms with Crippen LogP contribution in [0, 0.1) is 17.8 Å². The smallest absolute Gasteiger partial charge is 0.267 e. The van der Waals surface area contributed by atoms with Gasteiger partial charge in [-0.2, -0.15) is 0 Å². The van der Waals surface area contributed by atoms with Gasteiger partial charge in [0.25, 0.3) is 5.91 Å². The number of carbonyl (C=O) groups excluding carboxylic acids is 2. The van der Waals surface area contributed by atoms with E-state index in [0.29, 0.717) is 27.4 Å². The zero-order valence-electron chi connectivity index (χ0n) is 20.6. The van der Waals surface area contributed by atoms with E-state index in [1.54, 1.807) is 30.3 Å². The van der Waals surface area contributed by atoms with Crippen LogP contribution in [-0.4, -0.2) is 16.7 Å². The Morgan fingerprint density at radius 3 is 2.22 bits per heavy atom. The molecule has 0 atom stereocenters. The SMILES string of the molecule is Nc1c(C(=O)Nc2ccccc2C(=O)c2ccccc2)sc2nc(C34CC5CC(CC(C5)C3)C4)ccc12. The lowest BCUT2D eigenvalue weighted by Crippen LogP contribution is -2.48. The number of aromatic nitrogens is 1. The molecule has 0 unspecified atom stereocenters. The summed E-state index contributed by atoms with van der Waals surface area (Å²) in [5, 5.41) is 3.78. The molecule has 4 bridgehead atoms. The van der Waals surface area contributed by atoms with Crippen LogP contribution < -0.4 is 11.1 Å². The monoisotopic (exact) mass is 507 g/mol. The molecule has 5 nitrogen and oxygen atoms in total. The fourth-order valence-corrected chi connectivity index (χ4v) is 8.59. The number of hydrogen-bond donors (Lipinski definition) is 2. The number of nitrogen functional groups attached to an aromatic ring is 1. The van der Waals surface area contributed by atoms with Gasteiger partial charge in [-0.25, -0.2) is 4.98 Å². The molecule has 186 valence electrons. The van der Waals surface area contributed by atoms with Gasteiger partial charge in [0, 0.05) is 27.6 Å².